The monoisotopic (exact) mass is 366 g/mol. The number of thiophene rings is 1. The molecule has 6 heteroatoms. The van der Waals surface area contributed by atoms with Gasteiger partial charge in [0.2, 0.25) is 6.79 Å². The van der Waals surface area contributed by atoms with E-state index in [1.165, 1.54) is 4.88 Å². The molecule has 1 aromatic carbocycles. The SMILES string of the molecule is O=C(c1ccc2c(c1)OCO2)N(CCc1cccs1)Cc1cccnc1. The normalized spacial score (nSPS) is 12.2. The standard InChI is InChI=1S/C20H18N2O3S/c23-20(16-5-6-18-19(11-16)25-14-24-18)22(9-7-17-4-2-10-26-17)13-15-3-1-8-21-12-15/h1-6,8,10-12H,7,9,13-14H2. The molecule has 0 bridgehead atoms. The van der Waals surface area contributed by atoms with Crippen molar-refractivity contribution >= 4 is 17.2 Å². The fraction of sp³-hybridized carbons (Fsp3) is 0.200. The lowest BCUT2D eigenvalue weighted by Gasteiger charge is -2.23. The van der Waals surface area contributed by atoms with E-state index in [1.54, 1.807) is 41.9 Å². The molecular weight excluding hydrogens is 348 g/mol. The molecule has 1 aliphatic heterocycles. The Morgan fingerprint density at radius 2 is 2.08 bits per heavy atom. The van der Waals surface area contributed by atoms with Crippen molar-refractivity contribution in [2.75, 3.05) is 13.3 Å². The molecule has 0 aliphatic carbocycles. The molecule has 1 aliphatic rings. The van der Waals surface area contributed by atoms with Crippen LogP contribution < -0.4 is 9.47 Å². The van der Waals surface area contributed by atoms with Crippen molar-refractivity contribution in [3.05, 3.63) is 76.2 Å². The highest BCUT2D eigenvalue weighted by Crippen LogP contribution is 2.33. The first kappa shape index (κ1) is 16.6. The predicted molar refractivity (Wildman–Crippen MR) is 99.6 cm³/mol. The highest BCUT2D eigenvalue weighted by atomic mass is 32.1. The second kappa shape index (κ2) is 7.58. The largest absolute Gasteiger partial charge is 0.454 e. The Morgan fingerprint density at radius 3 is 2.88 bits per heavy atom. The number of carbonyl (C=O) groups is 1. The summed E-state index contributed by atoms with van der Waals surface area (Å²) in [6, 6.07) is 13.3. The Balaban J connectivity index is 1.55. The molecule has 0 spiro atoms. The second-order valence-corrected chi connectivity index (χ2v) is 7.02. The van der Waals surface area contributed by atoms with Crippen LogP contribution in [-0.4, -0.2) is 29.1 Å². The molecule has 0 unspecified atom stereocenters. The van der Waals surface area contributed by atoms with Gasteiger partial charge in [-0.15, -0.1) is 11.3 Å². The first-order chi connectivity index (χ1) is 12.8. The van der Waals surface area contributed by atoms with Crippen molar-refractivity contribution in [2.45, 2.75) is 13.0 Å². The summed E-state index contributed by atoms with van der Waals surface area (Å²) in [5.41, 5.74) is 1.61. The number of rotatable bonds is 6. The number of hydrogen-bond donors (Lipinski definition) is 0. The van der Waals surface area contributed by atoms with Crippen molar-refractivity contribution in [1.82, 2.24) is 9.88 Å². The van der Waals surface area contributed by atoms with Crippen LogP contribution in [-0.2, 0) is 13.0 Å². The summed E-state index contributed by atoms with van der Waals surface area (Å²) in [6.07, 6.45) is 4.36. The van der Waals surface area contributed by atoms with Gasteiger partial charge in [0.25, 0.3) is 5.91 Å². The predicted octanol–water partition coefficient (Wildman–Crippen LogP) is 3.76. The zero-order chi connectivity index (χ0) is 17.8. The second-order valence-electron chi connectivity index (χ2n) is 5.99. The van der Waals surface area contributed by atoms with E-state index in [-0.39, 0.29) is 12.7 Å². The molecule has 2 aromatic heterocycles. The number of carbonyl (C=O) groups excluding carboxylic acids is 1. The summed E-state index contributed by atoms with van der Waals surface area (Å²) in [5, 5.41) is 2.06. The average molecular weight is 366 g/mol. The Morgan fingerprint density at radius 1 is 1.15 bits per heavy atom. The minimum atomic E-state index is -0.0243. The molecule has 1 amide bonds. The minimum Gasteiger partial charge on any atom is -0.454 e. The zero-order valence-corrected chi connectivity index (χ0v) is 14.9. The molecule has 5 nitrogen and oxygen atoms in total. The van der Waals surface area contributed by atoms with Gasteiger partial charge in [-0.3, -0.25) is 9.78 Å². The van der Waals surface area contributed by atoms with Crippen LogP contribution in [0.25, 0.3) is 0 Å². The minimum absolute atomic E-state index is 0.0243. The third-order valence-corrected chi connectivity index (χ3v) is 5.15. The van der Waals surface area contributed by atoms with Crippen LogP contribution in [0.5, 0.6) is 11.5 Å². The number of ether oxygens (including phenoxy) is 2. The zero-order valence-electron chi connectivity index (χ0n) is 14.1. The first-order valence-electron chi connectivity index (χ1n) is 8.40. The van der Waals surface area contributed by atoms with E-state index < -0.39 is 0 Å². The lowest BCUT2D eigenvalue weighted by Crippen LogP contribution is -2.32. The van der Waals surface area contributed by atoms with Crippen LogP contribution in [0.2, 0.25) is 0 Å². The lowest BCUT2D eigenvalue weighted by molar-refractivity contribution is 0.0745. The van der Waals surface area contributed by atoms with Crippen LogP contribution in [0.1, 0.15) is 20.8 Å². The number of nitrogens with zero attached hydrogens (tertiary/aromatic N) is 2. The topological polar surface area (TPSA) is 51.7 Å². The van der Waals surface area contributed by atoms with Crippen molar-refractivity contribution in [1.29, 1.82) is 0 Å². The van der Waals surface area contributed by atoms with Crippen molar-refractivity contribution in [2.24, 2.45) is 0 Å². The van der Waals surface area contributed by atoms with Gasteiger partial charge >= 0.3 is 0 Å². The van der Waals surface area contributed by atoms with E-state index in [0.29, 0.717) is 30.2 Å². The fourth-order valence-corrected chi connectivity index (χ4v) is 3.57. The molecule has 0 fully saturated rings. The highest BCUT2D eigenvalue weighted by molar-refractivity contribution is 7.09. The van der Waals surface area contributed by atoms with Crippen molar-refractivity contribution in [3.8, 4) is 11.5 Å². The van der Waals surface area contributed by atoms with E-state index >= 15 is 0 Å². The van der Waals surface area contributed by atoms with Crippen LogP contribution in [0.4, 0.5) is 0 Å². The molecule has 0 N–H and O–H groups in total. The highest BCUT2D eigenvalue weighted by Gasteiger charge is 2.20. The van der Waals surface area contributed by atoms with Gasteiger partial charge in [-0.25, -0.2) is 0 Å². The number of amides is 1. The Hall–Kier alpha value is -2.86. The molecule has 4 rings (SSSR count). The van der Waals surface area contributed by atoms with E-state index in [9.17, 15) is 4.79 Å². The third-order valence-electron chi connectivity index (χ3n) is 4.21. The molecule has 0 saturated carbocycles. The van der Waals surface area contributed by atoms with Gasteiger partial charge < -0.3 is 14.4 Å². The van der Waals surface area contributed by atoms with Crippen molar-refractivity contribution in [3.63, 3.8) is 0 Å². The van der Waals surface area contributed by atoms with E-state index in [0.717, 1.165) is 12.0 Å². The number of hydrogen-bond acceptors (Lipinski definition) is 5. The molecule has 0 atom stereocenters. The summed E-state index contributed by atoms with van der Waals surface area (Å²) in [5.74, 6) is 1.28. The number of fused-ring (bicyclic) bond motifs is 1. The fourth-order valence-electron chi connectivity index (χ4n) is 2.88. The smallest absolute Gasteiger partial charge is 0.254 e. The average Bonchev–Trinajstić information content (AvgIpc) is 3.36. The molecule has 132 valence electrons. The quantitative estimate of drug-likeness (QED) is 0.667. The summed E-state index contributed by atoms with van der Waals surface area (Å²) < 4.78 is 10.7. The van der Waals surface area contributed by atoms with Crippen LogP contribution in [0, 0.1) is 0 Å². The number of aromatic nitrogens is 1. The van der Waals surface area contributed by atoms with Gasteiger partial charge in [0, 0.05) is 35.9 Å². The Labute approximate surface area is 155 Å². The Bertz CT molecular complexity index is 881. The maximum Gasteiger partial charge on any atom is 0.254 e. The molecule has 0 radical (unpaired) electrons. The number of benzene rings is 1. The van der Waals surface area contributed by atoms with Gasteiger partial charge in [0.15, 0.2) is 11.5 Å². The summed E-state index contributed by atoms with van der Waals surface area (Å²) in [7, 11) is 0. The van der Waals surface area contributed by atoms with Gasteiger partial charge in [0.05, 0.1) is 0 Å². The van der Waals surface area contributed by atoms with E-state index in [4.69, 9.17) is 9.47 Å². The van der Waals surface area contributed by atoms with Gasteiger partial charge in [-0.1, -0.05) is 12.1 Å². The van der Waals surface area contributed by atoms with Gasteiger partial charge in [-0.2, -0.15) is 0 Å². The summed E-state index contributed by atoms with van der Waals surface area (Å²) >= 11 is 1.71. The first-order valence-corrected chi connectivity index (χ1v) is 9.28. The van der Waals surface area contributed by atoms with E-state index in [2.05, 4.69) is 16.4 Å². The van der Waals surface area contributed by atoms with E-state index in [1.807, 2.05) is 23.1 Å². The van der Waals surface area contributed by atoms with Gasteiger partial charge in [-0.05, 0) is 47.7 Å². The molecule has 0 saturated heterocycles. The molecule has 3 aromatic rings. The maximum atomic E-state index is 13.1. The van der Waals surface area contributed by atoms with Crippen LogP contribution in [0.3, 0.4) is 0 Å². The molecular formula is C20H18N2O3S. The Kier molecular flexibility index (Phi) is 4.84. The lowest BCUT2D eigenvalue weighted by atomic mass is 10.1. The van der Waals surface area contributed by atoms with Gasteiger partial charge in [0.1, 0.15) is 0 Å². The summed E-state index contributed by atoms with van der Waals surface area (Å²) in [4.78, 5) is 20.4. The molecule has 26 heavy (non-hydrogen) atoms. The van der Waals surface area contributed by atoms with Crippen LogP contribution in [0.15, 0.2) is 60.2 Å². The molecule has 3 heterocycles. The van der Waals surface area contributed by atoms with Crippen molar-refractivity contribution < 1.29 is 14.3 Å². The maximum absolute atomic E-state index is 13.1. The number of pyridine rings is 1. The third kappa shape index (κ3) is 3.70. The van der Waals surface area contributed by atoms with Crippen LogP contribution >= 0.6 is 11.3 Å². The summed E-state index contributed by atoms with van der Waals surface area (Å²) in [6.45, 7) is 1.36.